The largest absolute Gasteiger partial charge is 0.338 e. The molecule has 1 aromatic carbocycles. The quantitative estimate of drug-likeness (QED) is 0.907. The fourth-order valence-electron chi connectivity index (χ4n) is 3.97. The minimum absolute atomic E-state index is 0.375. The van der Waals surface area contributed by atoms with Crippen molar-refractivity contribution in [1.82, 2.24) is 10.2 Å². The molecule has 1 aliphatic heterocycles. The third kappa shape index (κ3) is 3.52. The SMILES string of the molecule is CCCN(C(=O)CC1CCc2ccccc2C1)C1CCNC1. The van der Waals surface area contributed by atoms with E-state index >= 15 is 0 Å². The highest BCUT2D eigenvalue weighted by atomic mass is 16.2. The molecule has 0 radical (unpaired) electrons. The van der Waals surface area contributed by atoms with Gasteiger partial charge >= 0.3 is 0 Å². The molecule has 22 heavy (non-hydrogen) atoms. The molecule has 1 heterocycles. The third-order valence-electron chi connectivity index (χ3n) is 5.17. The predicted molar refractivity (Wildman–Crippen MR) is 89.9 cm³/mol. The van der Waals surface area contributed by atoms with Gasteiger partial charge < -0.3 is 10.2 Å². The highest BCUT2D eigenvalue weighted by Crippen LogP contribution is 2.28. The minimum Gasteiger partial charge on any atom is -0.338 e. The van der Waals surface area contributed by atoms with Crippen LogP contribution in [-0.2, 0) is 17.6 Å². The summed E-state index contributed by atoms with van der Waals surface area (Å²) in [6.07, 6.45) is 6.25. The monoisotopic (exact) mass is 300 g/mol. The van der Waals surface area contributed by atoms with Crippen molar-refractivity contribution in [2.75, 3.05) is 19.6 Å². The second-order valence-corrected chi connectivity index (χ2v) is 6.82. The number of carbonyl (C=O) groups is 1. The summed E-state index contributed by atoms with van der Waals surface area (Å²) in [6.45, 7) is 5.10. The molecule has 2 aliphatic rings. The van der Waals surface area contributed by atoms with Gasteiger partial charge in [-0.25, -0.2) is 0 Å². The average Bonchev–Trinajstić information content (AvgIpc) is 3.06. The van der Waals surface area contributed by atoms with Crippen molar-refractivity contribution in [2.24, 2.45) is 5.92 Å². The maximum Gasteiger partial charge on any atom is 0.223 e. The fourth-order valence-corrected chi connectivity index (χ4v) is 3.97. The van der Waals surface area contributed by atoms with Gasteiger partial charge in [0.05, 0.1) is 0 Å². The molecule has 3 heteroatoms. The van der Waals surface area contributed by atoms with Crippen LogP contribution in [0.1, 0.15) is 43.7 Å². The molecular weight excluding hydrogens is 272 g/mol. The van der Waals surface area contributed by atoms with E-state index in [2.05, 4.69) is 41.4 Å². The molecule has 120 valence electrons. The van der Waals surface area contributed by atoms with Crippen molar-refractivity contribution >= 4 is 5.91 Å². The van der Waals surface area contributed by atoms with Crippen LogP contribution in [0, 0.1) is 5.92 Å². The second kappa shape index (κ2) is 7.28. The molecule has 0 saturated carbocycles. The summed E-state index contributed by atoms with van der Waals surface area (Å²) in [5.41, 5.74) is 2.94. The molecule has 2 atom stereocenters. The molecule has 2 unspecified atom stereocenters. The number of fused-ring (bicyclic) bond motifs is 1. The van der Waals surface area contributed by atoms with E-state index in [1.165, 1.54) is 11.1 Å². The summed E-state index contributed by atoms with van der Waals surface area (Å²) >= 11 is 0. The molecule has 1 N–H and O–H groups in total. The number of carbonyl (C=O) groups excluding carboxylic acids is 1. The van der Waals surface area contributed by atoms with Crippen LogP contribution >= 0.6 is 0 Å². The van der Waals surface area contributed by atoms with E-state index in [-0.39, 0.29) is 0 Å². The van der Waals surface area contributed by atoms with E-state index in [1.807, 2.05) is 0 Å². The lowest BCUT2D eigenvalue weighted by molar-refractivity contribution is -0.134. The number of benzene rings is 1. The van der Waals surface area contributed by atoms with E-state index in [9.17, 15) is 4.79 Å². The first-order valence-corrected chi connectivity index (χ1v) is 8.85. The Kier molecular flexibility index (Phi) is 5.14. The predicted octanol–water partition coefficient (Wildman–Crippen LogP) is 2.78. The maximum atomic E-state index is 12.8. The Morgan fingerprint density at radius 1 is 1.27 bits per heavy atom. The zero-order valence-corrected chi connectivity index (χ0v) is 13.7. The Morgan fingerprint density at radius 3 is 2.82 bits per heavy atom. The maximum absolute atomic E-state index is 12.8. The van der Waals surface area contributed by atoms with Crippen LogP contribution in [0.4, 0.5) is 0 Å². The number of aryl methyl sites for hydroxylation is 1. The van der Waals surface area contributed by atoms with Crippen LogP contribution < -0.4 is 5.32 Å². The molecule has 0 bridgehead atoms. The normalized spacial score (nSPS) is 24.0. The summed E-state index contributed by atoms with van der Waals surface area (Å²) in [5, 5.41) is 3.39. The smallest absolute Gasteiger partial charge is 0.223 e. The van der Waals surface area contributed by atoms with Crippen LogP contribution in [0.3, 0.4) is 0 Å². The van der Waals surface area contributed by atoms with Crippen molar-refractivity contribution in [3.05, 3.63) is 35.4 Å². The van der Waals surface area contributed by atoms with Crippen LogP contribution in [0.5, 0.6) is 0 Å². The Bertz CT molecular complexity index is 508. The molecule has 3 nitrogen and oxygen atoms in total. The second-order valence-electron chi connectivity index (χ2n) is 6.82. The molecule has 1 aliphatic carbocycles. The van der Waals surface area contributed by atoms with Crippen LogP contribution in [0.2, 0.25) is 0 Å². The van der Waals surface area contributed by atoms with Crippen molar-refractivity contribution in [1.29, 1.82) is 0 Å². The average molecular weight is 300 g/mol. The molecule has 1 amide bonds. The van der Waals surface area contributed by atoms with E-state index in [0.29, 0.717) is 17.9 Å². The van der Waals surface area contributed by atoms with Gasteiger partial charge in [0, 0.05) is 25.6 Å². The first-order valence-electron chi connectivity index (χ1n) is 8.85. The molecule has 1 aromatic rings. The first-order chi connectivity index (χ1) is 10.8. The van der Waals surface area contributed by atoms with Crippen molar-refractivity contribution in [3.63, 3.8) is 0 Å². The summed E-state index contributed by atoms with van der Waals surface area (Å²) in [5.74, 6) is 0.899. The number of hydrogen-bond acceptors (Lipinski definition) is 2. The number of hydrogen-bond donors (Lipinski definition) is 1. The number of amides is 1. The van der Waals surface area contributed by atoms with Gasteiger partial charge in [-0.1, -0.05) is 31.2 Å². The van der Waals surface area contributed by atoms with Gasteiger partial charge in [-0.05, 0) is 55.7 Å². The Morgan fingerprint density at radius 2 is 2.09 bits per heavy atom. The summed E-state index contributed by atoms with van der Waals surface area (Å²) in [6, 6.07) is 9.14. The van der Waals surface area contributed by atoms with Crippen LogP contribution in [0.25, 0.3) is 0 Å². The van der Waals surface area contributed by atoms with Gasteiger partial charge in [0.25, 0.3) is 0 Å². The van der Waals surface area contributed by atoms with E-state index in [4.69, 9.17) is 0 Å². The van der Waals surface area contributed by atoms with Gasteiger partial charge in [-0.3, -0.25) is 4.79 Å². The number of nitrogens with one attached hydrogen (secondary N) is 1. The van der Waals surface area contributed by atoms with E-state index in [1.54, 1.807) is 0 Å². The fraction of sp³-hybridized carbons (Fsp3) is 0.632. The molecule has 3 rings (SSSR count). The summed E-state index contributed by atoms with van der Waals surface area (Å²) in [4.78, 5) is 15.0. The van der Waals surface area contributed by atoms with Gasteiger partial charge in [0.1, 0.15) is 0 Å². The van der Waals surface area contributed by atoms with Crippen molar-refractivity contribution in [2.45, 2.75) is 51.5 Å². The highest BCUT2D eigenvalue weighted by Gasteiger charge is 2.28. The van der Waals surface area contributed by atoms with Gasteiger partial charge in [0.15, 0.2) is 0 Å². The molecule has 1 saturated heterocycles. The van der Waals surface area contributed by atoms with Crippen molar-refractivity contribution in [3.8, 4) is 0 Å². The lowest BCUT2D eigenvalue weighted by Gasteiger charge is -2.31. The Balaban J connectivity index is 1.61. The standard InChI is InChI=1S/C19H28N2O/c1-2-11-21(18-9-10-20-14-18)19(22)13-15-7-8-16-5-3-4-6-17(16)12-15/h3-6,15,18,20H,2,7-14H2,1H3. The molecular formula is C19H28N2O. The van der Waals surface area contributed by atoms with Crippen LogP contribution in [0.15, 0.2) is 24.3 Å². The lowest BCUT2D eigenvalue weighted by Crippen LogP contribution is -2.43. The zero-order valence-electron chi connectivity index (χ0n) is 13.7. The zero-order chi connectivity index (χ0) is 15.4. The molecule has 1 fully saturated rings. The summed E-state index contributed by atoms with van der Waals surface area (Å²) < 4.78 is 0. The van der Waals surface area contributed by atoms with Gasteiger partial charge in [-0.15, -0.1) is 0 Å². The van der Waals surface area contributed by atoms with Crippen molar-refractivity contribution < 1.29 is 4.79 Å². The summed E-state index contributed by atoms with van der Waals surface area (Å²) in [7, 11) is 0. The number of nitrogens with zero attached hydrogens (tertiary/aromatic N) is 1. The third-order valence-corrected chi connectivity index (χ3v) is 5.17. The highest BCUT2D eigenvalue weighted by molar-refractivity contribution is 5.77. The molecule has 0 aromatic heterocycles. The van der Waals surface area contributed by atoms with E-state index < -0.39 is 0 Å². The minimum atomic E-state index is 0.375. The van der Waals surface area contributed by atoms with Gasteiger partial charge in [0.2, 0.25) is 5.91 Å². The Hall–Kier alpha value is -1.35. The number of rotatable bonds is 5. The first kappa shape index (κ1) is 15.5. The lowest BCUT2D eigenvalue weighted by atomic mass is 9.82. The van der Waals surface area contributed by atoms with Gasteiger partial charge in [-0.2, -0.15) is 0 Å². The van der Waals surface area contributed by atoms with E-state index in [0.717, 1.165) is 58.2 Å². The van der Waals surface area contributed by atoms with Crippen LogP contribution in [-0.4, -0.2) is 36.5 Å². The molecule has 0 spiro atoms. The topological polar surface area (TPSA) is 32.3 Å². The Labute approximate surface area is 134 Å².